The van der Waals surface area contributed by atoms with Crippen LogP contribution in [-0.2, 0) is 9.59 Å². The molecule has 10 nitrogen and oxygen atoms in total. The van der Waals surface area contributed by atoms with Gasteiger partial charge in [-0.1, -0.05) is 6.07 Å². The van der Waals surface area contributed by atoms with Gasteiger partial charge in [-0.25, -0.2) is 0 Å². The van der Waals surface area contributed by atoms with E-state index in [1.165, 1.54) is 43.5 Å². The number of carbonyl (C=O) groups is 3. The summed E-state index contributed by atoms with van der Waals surface area (Å²) in [7, 11) is 0. The molecule has 1 heterocycles. The minimum absolute atomic E-state index is 0.0476. The first-order valence-electron chi connectivity index (χ1n) is 7.62. The molecule has 0 aliphatic rings. The zero-order valence-corrected chi connectivity index (χ0v) is 14.0. The summed E-state index contributed by atoms with van der Waals surface area (Å²) in [5.41, 5.74) is -0.619. The van der Waals surface area contributed by atoms with Gasteiger partial charge in [0.2, 0.25) is 0 Å². The van der Waals surface area contributed by atoms with Crippen LogP contribution in [0.4, 0.5) is 5.69 Å². The number of nitrogens with one attached hydrogen (secondary N) is 2. The number of rotatable bonds is 7. The maximum absolute atomic E-state index is 12.4. The highest BCUT2D eigenvalue weighted by Crippen LogP contribution is 2.14. The van der Waals surface area contributed by atoms with Gasteiger partial charge in [0.25, 0.3) is 17.5 Å². The smallest absolute Gasteiger partial charge is 0.325 e. The maximum Gasteiger partial charge on any atom is 0.325 e. The van der Waals surface area contributed by atoms with Gasteiger partial charge in [-0.2, -0.15) is 0 Å². The Morgan fingerprint density at radius 1 is 1.26 bits per heavy atom. The second-order valence-corrected chi connectivity index (χ2v) is 5.37. The van der Waals surface area contributed by atoms with Gasteiger partial charge in [-0.3, -0.25) is 24.5 Å². The number of amides is 2. The molecule has 0 spiro atoms. The molecule has 10 heteroatoms. The third-order valence-electron chi connectivity index (χ3n) is 3.36. The Morgan fingerprint density at radius 2 is 2.00 bits per heavy atom. The van der Waals surface area contributed by atoms with E-state index in [0.29, 0.717) is 0 Å². The summed E-state index contributed by atoms with van der Waals surface area (Å²) in [6, 6.07) is 6.82. The van der Waals surface area contributed by atoms with E-state index in [-0.39, 0.29) is 22.7 Å². The molecular weight excluding hydrogens is 358 g/mol. The van der Waals surface area contributed by atoms with E-state index in [0.717, 1.165) is 6.07 Å². The van der Waals surface area contributed by atoms with Crippen LogP contribution >= 0.6 is 0 Å². The van der Waals surface area contributed by atoms with Crippen LogP contribution in [-0.4, -0.2) is 33.9 Å². The van der Waals surface area contributed by atoms with Crippen molar-refractivity contribution < 1.29 is 28.8 Å². The topological polar surface area (TPSA) is 152 Å². The Labute approximate surface area is 152 Å². The van der Waals surface area contributed by atoms with Gasteiger partial charge in [0.05, 0.1) is 11.2 Å². The quantitative estimate of drug-likeness (QED) is 0.378. The number of carboxylic acid groups (broad SMARTS) is 1. The van der Waals surface area contributed by atoms with Gasteiger partial charge in [-0.05, 0) is 25.1 Å². The lowest BCUT2D eigenvalue weighted by Crippen LogP contribution is -2.42. The third-order valence-corrected chi connectivity index (χ3v) is 3.36. The molecule has 1 aromatic carbocycles. The average Bonchev–Trinajstić information content (AvgIpc) is 3.14. The van der Waals surface area contributed by atoms with Crippen molar-refractivity contribution in [3.05, 3.63) is 69.8 Å². The summed E-state index contributed by atoms with van der Waals surface area (Å²) < 4.78 is 5.09. The van der Waals surface area contributed by atoms with Crippen molar-refractivity contribution in [2.75, 3.05) is 0 Å². The Morgan fingerprint density at radius 3 is 2.59 bits per heavy atom. The highest BCUT2D eigenvalue weighted by Gasteiger charge is 2.20. The van der Waals surface area contributed by atoms with Crippen LogP contribution in [0, 0.1) is 10.1 Å². The molecule has 2 aromatic rings. The molecule has 3 N–H and O–H groups in total. The lowest BCUT2D eigenvalue weighted by atomic mass is 10.2. The van der Waals surface area contributed by atoms with Crippen molar-refractivity contribution in [1.82, 2.24) is 10.6 Å². The fourth-order valence-electron chi connectivity index (χ4n) is 1.97. The predicted octanol–water partition coefficient (Wildman–Crippen LogP) is 1.55. The van der Waals surface area contributed by atoms with E-state index in [9.17, 15) is 24.5 Å². The minimum atomic E-state index is -1.26. The van der Waals surface area contributed by atoms with Crippen LogP contribution in [0.15, 0.2) is 52.8 Å². The standard InChI is InChI=1S/C17H15N3O7/c1-10(17(23)24)18-16(22)14(9-13-6-3-7-27-13)19-15(21)11-4-2-5-12(8-11)20(25)26/h2-10H,1H3,(H,18,22)(H,19,21)(H,23,24)/b14-9-/t10-/m1/s1. The number of hydrogen-bond donors (Lipinski definition) is 3. The van der Waals surface area contributed by atoms with Crippen LogP contribution in [0.25, 0.3) is 6.08 Å². The number of nitro benzene ring substituents is 1. The van der Waals surface area contributed by atoms with Gasteiger partial charge in [0, 0.05) is 23.8 Å². The van der Waals surface area contributed by atoms with Crippen LogP contribution in [0.1, 0.15) is 23.0 Å². The minimum Gasteiger partial charge on any atom is -0.480 e. The summed E-state index contributed by atoms with van der Waals surface area (Å²) >= 11 is 0. The van der Waals surface area contributed by atoms with Crippen LogP contribution < -0.4 is 10.6 Å². The molecule has 0 radical (unpaired) electrons. The Bertz CT molecular complexity index is 903. The van der Waals surface area contributed by atoms with Gasteiger partial charge >= 0.3 is 5.97 Å². The molecule has 0 fully saturated rings. The normalized spacial score (nSPS) is 12.1. The highest BCUT2D eigenvalue weighted by molar-refractivity contribution is 6.06. The van der Waals surface area contributed by atoms with Crippen LogP contribution in [0.2, 0.25) is 0 Å². The summed E-state index contributed by atoms with van der Waals surface area (Å²) in [5.74, 6) is -2.66. The zero-order chi connectivity index (χ0) is 20.0. The number of nitrogens with zero attached hydrogens (tertiary/aromatic N) is 1. The van der Waals surface area contributed by atoms with E-state index in [1.807, 2.05) is 0 Å². The van der Waals surface area contributed by atoms with E-state index in [2.05, 4.69) is 10.6 Å². The molecule has 0 saturated carbocycles. The SMILES string of the molecule is C[C@@H](NC(=O)/C(=C/c1ccco1)NC(=O)c1cccc([N+](=O)[O-])c1)C(=O)O. The summed E-state index contributed by atoms with van der Waals surface area (Å²) in [5, 5.41) is 24.3. The molecule has 0 saturated heterocycles. The van der Waals surface area contributed by atoms with Crippen molar-refractivity contribution in [1.29, 1.82) is 0 Å². The van der Waals surface area contributed by atoms with Crippen LogP contribution in [0.5, 0.6) is 0 Å². The summed E-state index contributed by atoms with van der Waals surface area (Å²) in [6.07, 6.45) is 2.56. The van der Waals surface area contributed by atoms with Crippen molar-refractivity contribution in [3.63, 3.8) is 0 Å². The van der Waals surface area contributed by atoms with Gasteiger partial charge in [0.15, 0.2) is 0 Å². The number of carboxylic acids is 1. The number of furan rings is 1. The second-order valence-electron chi connectivity index (χ2n) is 5.37. The number of benzene rings is 1. The first-order chi connectivity index (χ1) is 12.8. The van der Waals surface area contributed by atoms with E-state index >= 15 is 0 Å². The molecule has 1 aromatic heterocycles. The monoisotopic (exact) mass is 373 g/mol. The zero-order valence-electron chi connectivity index (χ0n) is 14.0. The average molecular weight is 373 g/mol. The molecule has 0 bridgehead atoms. The first-order valence-corrected chi connectivity index (χ1v) is 7.62. The fraction of sp³-hybridized carbons (Fsp3) is 0.118. The lowest BCUT2D eigenvalue weighted by molar-refractivity contribution is -0.384. The van der Waals surface area contributed by atoms with Crippen LogP contribution in [0.3, 0.4) is 0 Å². The molecule has 140 valence electrons. The number of non-ortho nitro benzene ring substituents is 1. The van der Waals surface area contributed by atoms with Gasteiger partial charge < -0.3 is 20.2 Å². The number of carbonyl (C=O) groups excluding carboxylic acids is 2. The van der Waals surface area contributed by atoms with Crippen molar-refractivity contribution in [2.45, 2.75) is 13.0 Å². The van der Waals surface area contributed by atoms with Crippen molar-refractivity contribution >= 4 is 29.5 Å². The number of nitro groups is 1. The number of aliphatic carboxylic acids is 1. The Kier molecular flexibility index (Phi) is 6.05. The lowest BCUT2D eigenvalue weighted by Gasteiger charge is -2.13. The molecule has 2 rings (SSSR count). The van der Waals surface area contributed by atoms with Crippen molar-refractivity contribution in [3.8, 4) is 0 Å². The Hall–Kier alpha value is -3.95. The van der Waals surface area contributed by atoms with Crippen molar-refractivity contribution in [2.24, 2.45) is 0 Å². The molecule has 2 amide bonds. The Balaban J connectivity index is 2.27. The molecule has 0 unspecified atom stereocenters. The molecular formula is C17H15N3O7. The maximum atomic E-state index is 12.4. The highest BCUT2D eigenvalue weighted by atomic mass is 16.6. The van der Waals surface area contributed by atoms with E-state index in [1.54, 1.807) is 6.07 Å². The fourth-order valence-corrected chi connectivity index (χ4v) is 1.97. The third kappa shape index (κ3) is 5.26. The van der Waals surface area contributed by atoms with E-state index < -0.39 is 28.7 Å². The second kappa shape index (κ2) is 8.43. The predicted molar refractivity (Wildman–Crippen MR) is 92.5 cm³/mol. The van der Waals surface area contributed by atoms with Gasteiger partial charge in [0.1, 0.15) is 17.5 Å². The largest absolute Gasteiger partial charge is 0.480 e. The molecule has 0 aliphatic heterocycles. The first kappa shape index (κ1) is 19.4. The summed E-state index contributed by atoms with van der Waals surface area (Å²) in [4.78, 5) is 45.8. The van der Waals surface area contributed by atoms with Gasteiger partial charge in [-0.15, -0.1) is 0 Å². The number of hydrogen-bond acceptors (Lipinski definition) is 6. The molecule has 0 aliphatic carbocycles. The summed E-state index contributed by atoms with van der Waals surface area (Å²) in [6.45, 7) is 1.26. The van der Waals surface area contributed by atoms with E-state index in [4.69, 9.17) is 9.52 Å². The molecule has 1 atom stereocenters. The molecule has 27 heavy (non-hydrogen) atoms.